The first-order valence-corrected chi connectivity index (χ1v) is 13.9. The van der Waals surface area contributed by atoms with E-state index in [0.717, 1.165) is 16.7 Å². The van der Waals surface area contributed by atoms with E-state index in [1.165, 1.54) is 13.3 Å². The molecule has 0 spiro atoms. The molecule has 3 amide bonds. The number of carbonyl (C=O) groups excluding carboxylic acids is 3. The summed E-state index contributed by atoms with van der Waals surface area (Å²) in [4.78, 5) is 36.7. The van der Waals surface area contributed by atoms with Crippen molar-refractivity contribution in [1.82, 2.24) is 10.7 Å². The molecule has 0 bridgehead atoms. The predicted molar refractivity (Wildman–Crippen MR) is 168 cm³/mol. The fourth-order valence-corrected chi connectivity index (χ4v) is 4.54. The highest BCUT2D eigenvalue weighted by molar-refractivity contribution is 14.1. The molecule has 222 valence electrons. The number of methoxy groups -OCH3 is 3. The molecule has 0 aromatic heterocycles. The summed E-state index contributed by atoms with van der Waals surface area (Å²) in [7, 11) is 4.57. The minimum Gasteiger partial charge on any atom is -0.493 e. The number of hydrogen-bond acceptors (Lipinski definition) is 8. The van der Waals surface area contributed by atoms with E-state index >= 15 is 0 Å². The Labute approximate surface area is 258 Å². The Morgan fingerprint density at radius 2 is 1.60 bits per heavy atom. The molecular weight excluding hydrogens is 655 g/mol. The van der Waals surface area contributed by atoms with Gasteiger partial charge in [0.25, 0.3) is 5.91 Å². The van der Waals surface area contributed by atoms with E-state index in [2.05, 4.69) is 43.8 Å². The Morgan fingerprint density at radius 3 is 2.29 bits per heavy atom. The van der Waals surface area contributed by atoms with Crippen LogP contribution in [-0.2, 0) is 20.8 Å². The molecule has 0 saturated carbocycles. The fourth-order valence-electron chi connectivity index (χ4n) is 3.76. The first-order valence-electron chi connectivity index (χ1n) is 12.8. The molecule has 0 saturated heterocycles. The van der Waals surface area contributed by atoms with Gasteiger partial charge < -0.3 is 29.6 Å². The SMILES string of the molecule is COc1ccc(CCNC(=O)C(=O)N/N=C\c2cc(I)c(OCC(=O)Nc3ccc(C)c(C)c3)c(OC)c2)cc1OC. The number of anilines is 1. The van der Waals surface area contributed by atoms with E-state index in [0.29, 0.717) is 44.2 Å². The zero-order chi connectivity index (χ0) is 30.6. The number of ether oxygens (including phenoxy) is 4. The van der Waals surface area contributed by atoms with Crippen LogP contribution in [0.1, 0.15) is 22.3 Å². The number of rotatable bonds is 12. The summed E-state index contributed by atoms with van der Waals surface area (Å²) in [6.07, 6.45) is 1.86. The predicted octanol–water partition coefficient (Wildman–Crippen LogP) is 3.76. The Balaban J connectivity index is 1.50. The van der Waals surface area contributed by atoms with Gasteiger partial charge in [-0.15, -0.1) is 0 Å². The molecule has 0 aliphatic rings. The number of halogens is 1. The van der Waals surface area contributed by atoms with Gasteiger partial charge in [-0.1, -0.05) is 12.1 Å². The number of nitrogens with zero attached hydrogens (tertiary/aromatic N) is 1. The van der Waals surface area contributed by atoms with Gasteiger partial charge in [0.15, 0.2) is 29.6 Å². The summed E-state index contributed by atoms with van der Waals surface area (Å²) in [6, 6.07) is 14.5. The highest BCUT2D eigenvalue weighted by atomic mass is 127. The first-order chi connectivity index (χ1) is 20.1. The van der Waals surface area contributed by atoms with Crippen LogP contribution in [-0.4, -0.2) is 58.4 Å². The van der Waals surface area contributed by atoms with Crippen LogP contribution in [0.25, 0.3) is 0 Å². The zero-order valence-corrected chi connectivity index (χ0v) is 26.2. The van der Waals surface area contributed by atoms with Crippen molar-refractivity contribution in [2.45, 2.75) is 20.3 Å². The molecule has 42 heavy (non-hydrogen) atoms. The summed E-state index contributed by atoms with van der Waals surface area (Å²) in [5.74, 6) is -0.0831. The number of amides is 3. The Kier molecular flexibility index (Phi) is 12.0. The molecule has 3 N–H and O–H groups in total. The Morgan fingerprint density at radius 1 is 0.857 bits per heavy atom. The molecule has 3 aromatic carbocycles. The van der Waals surface area contributed by atoms with Crippen molar-refractivity contribution in [1.29, 1.82) is 0 Å². The van der Waals surface area contributed by atoms with Gasteiger partial charge in [0.05, 0.1) is 31.1 Å². The normalized spacial score (nSPS) is 10.6. The molecule has 0 heterocycles. The molecule has 12 heteroatoms. The molecule has 0 aliphatic heterocycles. The van der Waals surface area contributed by atoms with Crippen LogP contribution in [0.2, 0.25) is 0 Å². The van der Waals surface area contributed by atoms with E-state index in [-0.39, 0.29) is 19.1 Å². The number of nitrogens with one attached hydrogen (secondary N) is 3. The third-order valence-corrected chi connectivity index (χ3v) is 6.92. The lowest BCUT2D eigenvalue weighted by atomic mass is 10.1. The summed E-state index contributed by atoms with van der Waals surface area (Å²) in [5.41, 5.74) is 6.60. The maximum absolute atomic E-state index is 12.4. The van der Waals surface area contributed by atoms with Crippen LogP contribution in [0.5, 0.6) is 23.0 Å². The molecule has 0 atom stereocenters. The van der Waals surface area contributed by atoms with Crippen LogP contribution in [0.4, 0.5) is 5.69 Å². The van der Waals surface area contributed by atoms with Crippen molar-refractivity contribution in [2.75, 3.05) is 39.8 Å². The molecular formula is C30H33IN4O7. The van der Waals surface area contributed by atoms with E-state index in [1.54, 1.807) is 32.4 Å². The lowest BCUT2D eigenvalue weighted by Gasteiger charge is -2.14. The highest BCUT2D eigenvalue weighted by Crippen LogP contribution is 2.33. The van der Waals surface area contributed by atoms with Gasteiger partial charge in [-0.05, 0) is 102 Å². The molecule has 0 radical (unpaired) electrons. The molecule has 0 aliphatic carbocycles. The smallest absolute Gasteiger partial charge is 0.329 e. The van der Waals surface area contributed by atoms with Gasteiger partial charge in [-0.3, -0.25) is 14.4 Å². The topological polar surface area (TPSA) is 137 Å². The Bertz CT molecular complexity index is 1480. The van der Waals surface area contributed by atoms with Crippen molar-refractivity contribution < 1.29 is 33.3 Å². The monoisotopic (exact) mass is 688 g/mol. The van der Waals surface area contributed by atoms with Crippen molar-refractivity contribution in [2.24, 2.45) is 5.10 Å². The third-order valence-electron chi connectivity index (χ3n) is 6.12. The van der Waals surface area contributed by atoms with Gasteiger partial charge in [0, 0.05) is 12.2 Å². The van der Waals surface area contributed by atoms with Gasteiger partial charge in [-0.25, -0.2) is 5.43 Å². The molecule has 3 rings (SSSR count). The standard InChI is InChI=1S/C30H33IN4O7/c1-18-6-8-22(12-19(18)2)34-27(36)17-42-28-23(31)13-21(15-26(28)41-5)16-33-35-30(38)29(37)32-11-10-20-7-9-24(39-3)25(14-20)40-4/h6-9,12-16H,10-11,17H2,1-5H3,(H,32,37)(H,34,36)(H,35,38)/b33-16-. The minimum absolute atomic E-state index is 0.218. The zero-order valence-electron chi connectivity index (χ0n) is 24.0. The quantitative estimate of drug-likeness (QED) is 0.114. The second-order valence-electron chi connectivity index (χ2n) is 9.06. The Hall–Kier alpha value is -4.33. The van der Waals surface area contributed by atoms with E-state index in [1.807, 2.05) is 44.2 Å². The van der Waals surface area contributed by atoms with Crippen molar-refractivity contribution in [3.05, 3.63) is 74.4 Å². The van der Waals surface area contributed by atoms with Gasteiger partial charge in [0.1, 0.15) is 0 Å². The summed E-state index contributed by atoms with van der Waals surface area (Å²) < 4.78 is 22.3. The van der Waals surface area contributed by atoms with Crippen LogP contribution >= 0.6 is 22.6 Å². The average Bonchev–Trinajstić information content (AvgIpc) is 2.97. The summed E-state index contributed by atoms with van der Waals surface area (Å²) >= 11 is 2.05. The maximum atomic E-state index is 12.4. The first kappa shape index (κ1) is 32.2. The fraction of sp³-hybridized carbons (Fsp3) is 0.267. The molecule has 3 aromatic rings. The summed E-state index contributed by atoms with van der Waals surface area (Å²) in [5, 5.41) is 9.24. The second kappa shape index (κ2) is 15.6. The number of hydrazone groups is 1. The van der Waals surface area contributed by atoms with Crippen molar-refractivity contribution in [3.8, 4) is 23.0 Å². The largest absolute Gasteiger partial charge is 0.493 e. The van der Waals surface area contributed by atoms with Crippen molar-refractivity contribution >= 4 is 52.2 Å². The van der Waals surface area contributed by atoms with Gasteiger partial charge >= 0.3 is 11.8 Å². The highest BCUT2D eigenvalue weighted by Gasteiger charge is 2.15. The van der Waals surface area contributed by atoms with Crippen LogP contribution in [0.15, 0.2) is 53.6 Å². The minimum atomic E-state index is -0.907. The van der Waals surface area contributed by atoms with E-state index in [9.17, 15) is 14.4 Å². The van der Waals surface area contributed by atoms with Gasteiger partial charge in [-0.2, -0.15) is 5.10 Å². The molecule has 0 unspecified atom stereocenters. The number of aryl methyl sites for hydroxylation is 2. The van der Waals surface area contributed by atoms with Crippen LogP contribution < -0.4 is 35.0 Å². The maximum Gasteiger partial charge on any atom is 0.329 e. The third kappa shape index (κ3) is 9.09. The van der Waals surface area contributed by atoms with Crippen molar-refractivity contribution in [3.63, 3.8) is 0 Å². The second-order valence-corrected chi connectivity index (χ2v) is 10.2. The van der Waals surface area contributed by atoms with Gasteiger partial charge in [0.2, 0.25) is 0 Å². The number of benzene rings is 3. The van der Waals surface area contributed by atoms with Crippen LogP contribution in [0.3, 0.4) is 0 Å². The number of hydrogen-bond donors (Lipinski definition) is 3. The number of carbonyl (C=O) groups is 3. The average molecular weight is 689 g/mol. The molecule has 11 nitrogen and oxygen atoms in total. The summed E-state index contributed by atoms with van der Waals surface area (Å²) in [6.45, 7) is 4.00. The van der Waals surface area contributed by atoms with E-state index < -0.39 is 11.8 Å². The van der Waals surface area contributed by atoms with E-state index in [4.69, 9.17) is 18.9 Å². The van der Waals surface area contributed by atoms with Crippen LogP contribution in [0, 0.1) is 17.4 Å². The molecule has 0 fully saturated rings. The lowest BCUT2D eigenvalue weighted by Crippen LogP contribution is -2.38. The lowest BCUT2D eigenvalue weighted by molar-refractivity contribution is -0.139.